The number of H-pyrrole nitrogens is 2. The van der Waals surface area contributed by atoms with Crippen molar-refractivity contribution in [3.8, 4) is 11.3 Å². The lowest BCUT2D eigenvalue weighted by atomic mass is 10.1. The second-order valence-electron chi connectivity index (χ2n) is 2.96. The fourth-order valence-corrected chi connectivity index (χ4v) is 1.44. The Morgan fingerprint density at radius 3 is 2.80 bits per heavy atom. The van der Waals surface area contributed by atoms with Crippen LogP contribution in [-0.4, -0.2) is 14.9 Å². The van der Waals surface area contributed by atoms with Crippen LogP contribution in [-0.2, 0) is 0 Å². The van der Waals surface area contributed by atoms with Crippen molar-refractivity contribution in [3.63, 3.8) is 0 Å². The van der Waals surface area contributed by atoms with E-state index in [1.165, 1.54) is 12.1 Å². The zero-order valence-corrected chi connectivity index (χ0v) is 8.38. The third kappa shape index (κ3) is 1.94. The molecule has 2 aromatic rings. The Morgan fingerprint density at radius 2 is 2.20 bits per heavy atom. The molecule has 0 fully saturated rings. The second kappa shape index (κ2) is 3.66. The van der Waals surface area contributed by atoms with Crippen LogP contribution in [0.3, 0.4) is 0 Å². The van der Waals surface area contributed by atoms with E-state index < -0.39 is 4.92 Å². The lowest BCUT2D eigenvalue weighted by molar-refractivity contribution is -0.384. The average molecular weight is 221 g/mol. The van der Waals surface area contributed by atoms with Gasteiger partial charge in [0.15, 0.2) is 4.77 Å². The predicted octanol–water partition coefficient (Wildman–Crippen LogP) is 2.65. The monoisotopic (exact) mass is 221 g/mol. The van der Waals surface area contributed by atoms with Gasteiger partial charge < -0.3 is 9.97 Å². The number of nitrogens with one attached hydrogen (secondary N) is 2. The van der Waals surface area contributed by atoms with Crippen LogP contribution in [0.2, 0.25) is 0 Å². The van der Waals surface area contributed by atoms with Crippen LogP contribution in [0.4, 0.5) is 5.69 Å². The molecule has 0 radical (unpaired) electrons. The van der Waals surface area contributed by atoms with Crippen molar-refractivity contribution >= 4 is 17.9 Å². The van der Waals surface area contributed by atoms with E-state index in [9.17, 15) is 10.1 Å². The number of nitrogens with zero attached hydrogens (tertiary/aromatic N) is 1. The molecule has 15 heavy (non-hydrogen) atoms. The average Bonchev–Trinajstić information content (AvgIpc) is 2.65. The quantitative estimate of drug-likeness (QED) is 0.465. The molecule has 0 saturated heterocycles. The Labute approximate surface area is 89.9 Å². The third-order valence-corrected chi connectivity index (χ3v) is 2.18. The number of hydrogen-bond donors (Lipinski definition) is 2. The minimum atomic E-state index is -0.426. The zero-order valence-electron chi connectivity index (χ0n) is 7.56. The van der Waals surface area contributed by atoms with Crippen LogP contribution < -0.4 is 0 Å². The molecule has 0 amide bonds. The molecule has 1 aromatic heterocycles. The van der Waals surface area contributed by atoms with Crippen molar-refractivity contribution in [2.45, 2.75) is 0 Å². The number of nitro groups is 1. The number of hydrogen-bond acceptors (Lipinski definition) is 3. The number of rotatable bonds is 2. The molecule has 0 bridgehead atoms. The lowest BCUT2D eigenvalue weighted by Crippen LogP contribution is -1.87. The van der Waals surface area contributed by atoms with Crippen LogP contribution >= 0.6 is 12.2 Å². The van der Waals surface area contributed by atoms with Gasteiger partial charge in [0.05, 0.1) is 10.6 Å². The van der Waals surface area contributed by atoms with Crippen molar-refractivity contribution < 1.29 is 4.92 Å². The molecule has 6 heteroatoms. The van der Waals surface area contributed by atoms with Crippen molar-refractivity contribution in [2.24, 2.45) is 0 Å². The maximum atomic E-state index is 10.6. The van der Waals surface area contributed by atoms with Gasteiger partial charge in [-0.05, 0) is 12.2 Å². The Morgan fingerprint density at radius 1 is 1.40 bits per heavy atom. The highest BCUT2D eigenvalue weighted by Gasteiger charge is 2.07. The zero-order chi connectivity index (χ0) is 10.8. The SMILES string of the molecule is O=[N+]([O-])c1cccc(-c2c[nH]c(=S)[nH]2)c1. The van der Waals surface area contributed by atoms with Gasteiger partial charge in [0.2, 0.25) is 0 Å². The first kappa shape index (κ1) is 9.60. The van der Waals surface area contributed by atoms with Crippen molar-refractivity contribution in [1.82, 2.24) is 9.97 Å². The molecule has 0 aliphatic carbocycles. The molecule has 0 aliphatic heterocycles. The van der Waals surface area contributed by atoms with E-state index >= 15 is 0 Å². The van der Waals surface area contributed by atoms with Gasteiger partial charge in [0.1, 0.15) is 0 Å². The number of imidazole rings is 1. The number of aromatic nitrogens is 2. The first-order valence-electron chi connectivity index (χ1n) is 4.19. The molecule has 1 aromatic carbocycles. The lowest BCUT2D eigenvalue weighted by Gasteiger charge is -1.96. The van der Waals surface area contributed by atoms with Crippen LogP contribution in [0.25, 0.3) is 11.3 Å². The predicted molar refractivity (Wildman–Crippen MR) is 58.1 cm³/mol. The van der Waals surface area contributed by atoms with Crippen LogP contribution in [0.1, 0.15) is 0 Å². The van der Waals surface area contributed by atoms with E-state index in [1.54, 1.807) is 18.3 Å². The highest BCUT2D eigenvalue weighted by Crippen LogP contribution is 2.21. The van der Waals surface area contributed by atoms with E-state index in [-0.39, 0.29) is 5.69 Å². The summed E-state index contributed by atoms with van der Waals surface area (Å²) in [7, 11) is 0. The Bertz CT molecular complexity index is 558. The van der Waals surface area contributed by atoms with Crippen LogP contribution in [0.5, 0.6) is 0 Å². The van der Waals surface area contributed by atoms with Crippen LogP contribution in [0, 0.1) is 14.9 Å². The summed E-state index contributed by atoms with van der Waals surface area (Å²) in [6.07, 6.45) is 1.68. The fraction of sp³-hybridized carbons (Fsp3) is 0. The van der Waals surface area contributed by atoms with E-state index in [2.05, 4.69) is 9.97 Å². The number of aromatic amines is 2. The fourth-order valence-electron chi connectivity index (χ4n) is 1.27. The maximum absolute atomic E-state index is 10.6. The van der Waals surface area contributed by atoms with E-state index in [0.717, 1.165) is 11.3 Å². The van der Waals surface area contributed by atoms with Gasteiger partial charge in [0, 0.05) is 23.9 Å². The number of benzene rings is 1. The minimum Gasteiger partial charge on any atom is -0.337 e. The van der Waals surface area contributed by atoms with Gasteiger partial charge >= 0.3 is 0 Å². The van der Waals surface area contributed by atoms with Gasteiger partial charge in [-0.15, -0.1) is 0 Å². The molecule has 5 nitrogen and oxygen atoms in total. The summed E-state index contributed by atoms with van der Waals surface area (Å²) < 4.78 is 0.497. The van der Waals surface area contributed by atoms with Crippen molar-refractivity contribution in [1.29, 1.82) is 0 Å². The maximum Gasteiger partial charge on any atom is 0.270 e. The number of nitro benzene ring substituents is 1. The molecular formula is C9H7N3O2S. The van der Waals surface area contributed by atoms with Gasteiger partial charge in [-0.2, -0.15) is 0 Å². The molecule has 2 N–H and O–H groups in total. The largest absolute Gasteiger partial charge is 0.337 e. The summed E-state index contributed by atoms with van der Waals surface area (Å²) in [5.74, 6) is 0. The molecule has 2 rings (SSSR count). The molecule has 0 atom stereocenters. The molecule has 0 unspecified atom stereocenters. The van der Waals surface area contributed by atoms with E-state index in [4.69, 9.17) is 12.2 Å². The third-order valence-electron chi connectivity index (χ3n) is 1.96. The summed E-state index contributed by atoms with van der Waals surface area (Å²) in [5, 5.41) is 10.6. The highest BCUT2D eigenvalue weighted by atomic mass is 32.1. The highest BCUT2D eigenvalue weighted by molar-refractivity contribution is 7.71. The minimum absolute atomic E-state index is 0.0630. The molecule has 1 heterocycles. The summed E-state index contributed by atoms with van der Waals surface area (Å²) in [5.41, 5.74) is 1.54. The summed E-state index contributed by atoms with van der Waals surface area (Å²) in [6, 6.07) is 6.36. The normalized spacial score (nSPS) is 10.1. The standard InChI is InChI=1S/C9H7N3O2S/c13-12(14)7-3-1-2-6(4-7)8-5-10-9(15)11-8/h1-5H,(H2,10,11,15). The smallest absolute Gasteiger partial charge is 0.270 e. The Balaban J connectivity index is 2.49. The molecular weight excluding hydrogens is 214 g/mol. The van der Waals surface area contributed by atoms with E-state index in [1.807, 2.05) is 0 Å². The topological polar surface area (TPSA) is 74.7 Å². The summed E-state index contributed by atoms with van der Waals surface area (Å²) in [4.78, 5) is 15.8. The van der Waals surface area contributed by atoms with Crippen molar-refractivity contribution in [3.05, 3.63) is 45.3 Å². The second-order valence-corrected chi connectivity index (χ2v) is 3.37. The summed E-state index contributed by atoms with van der Waals surface area (Å²) in [6.45, 7) is 0. The number of non-ortho nitro benzene ring substituents is 1. The van der Waals surface area contributed by atoms with E-state index in [0.29, 0.717) is 4.77 Å². The molecule has 0 aliphatic rings. The van der Waals surface area contributed by atoms with Crippen molar-refractivity contribution in [2.75, 3.05) is 0 Å². The Kier molecular flexibility index (Phi) is 2.34. The van der Waals surface area contributed by atoms with Gasteiger partial charge in [-0.1, -0.05) is 12.1 Å². The summed E-state index contributed by atoms with van der Waals surface area (Å²) >= 11 is 4.87. The molecule has 0 saturated carbocycles. The van der Waals surface area contributed by atoms with Gasteiger partial charge in [-0.25, -0.2) is 0 Å². The van der Waals surface area contributed by atoms with Gasteiger partial charge in [-0.3, -0.25) is 10.1 Å². The van der Waals surface area contributed by atoms with Gasteiger partial charge in [0.25, 0.3) is 5.69 Å². The first-order chi connectivity index (χ1) is 7.16. The molecule has 76 valence electrons. The Hall–Kier alpha value is -1.95. The molecule has 0 spiro atoms. The first-order valence-corrected chi connectivity index (χ1v) is 4.60. The van der Waals surface area contributed by atoms with Crippen LogP contribution in [0.15, 0.2) is 30.5 Å².